The molecule has 2 saturated heterocycles. The highest BCUT2D eigenvalue weighted by molar-refractivity contribution is 8.18. The molecule has 2 aliphatic rings. The van der Waals surface area contributed by atoms with E-state index in [-0.39, 0.29) is 29.6 Å². The zero-order valence-electron chi connectivity index (χ0n) is 17.0. The van der Waals surface area contributed by atoms with Crippen molar-refractivity contribution in [2.75, 3.05) is 32.8 Å². The quantitative estimate of drug-likeness (QED) is 0.372. The van der Waals surface area contributed by atoms with Crippen LogP contribution in [0.4, 0.5) is 10.5 Å². The van der Waals surface area contributed by atoms with Crippen molar-refractivity contribution in [1.29, 1.82) is 0 Å². The first-order chi connectivity index (χ1) is 15.4. The van der Waals surface area contributed by atoms with Gasteiger partial charge in [0.1, 0.15) is 6.54 Å². The van der Waals surface area contributed by atoms with E-state index in [0.717, 1.165) is 16.7 Å². The number of imide groups is 1. The molecule has 3 amide bonds. The maximum absolute atomic E-state index is 12.8. The molecule has 11 heteroatoms. The highest BCUT2D eigenvalue weighted by Gasteiger charge is 2.37. The van der Waals surface area contributed by atoms with E-state index in [1.807, 2.05) is 0 Å². The summed E-state index contributed by atoms with van der Waals surface area (Å²) in [6, 6.07) is 9.95. The molecule has 3 heterocycles. The number of aromatic nitrogens is 1. The van der Waals surface area contributed by atoms with Crippen LogP contribution in [0.2, 0.25) is 0 Å². The van der Waals surface area contributed by atoms with Gasteiger partial charge in [0.05, 0.1) is 29.6 Å². The van der Waals surface area contributed by atoms with Crippen LogP contribution < -0.4 is 0 Å². The third-order valence-electron chi connectivity index (χ3n) is 5.20. The lowest BCUT2D eigenvalue weighted by Crippen LogP contribution is -2.46. The number of hydrogen-bond donors (Lipinski definition) is 0. The number of thioether (sulfide) groups is 1. The minimum absolute atomic E-state index is 0.00842. The molecule has 0 unspecified atom stereocenters. The van der Waals surface area contributed by atoms with Crippen LogP contribution in [-0.2, 0) is 20.9 Å². The Morgan fingerprint density at radius 3 is 2.66 bits per heavy atom. The fourth-order valence-corrected chi connectivity index (χ4v) is 4.35. The predicted molar refractivity (Wildman–Crippen MR) is 117 cm³/mol. The van der Waals surface area contributed by atoms with E-state index in [2.05, 4.69) is 0 Å². The van der Waals surface area contributed by atoms with Crippen molar-refractivity contribution in [1.82, 2.24) is 14.4 Å². The number of amides is 3. The van der Waals surface area contributed by atoms with E-state index in [1.54, 1.807) is 52.1 Å². The molecule has 0 atom stereocenters. The summed E-state index contributed by atoms with van der Waals surface area (Å²) in [4.78, 5) is 51.2. The molecule has 2 aliphatic heterocycles. The first-order valence-electron chi connectivity index (χ1n) is 9.92. The van der Waals surface area contributed by atoms with Crippen molar-refractivity contribution in [3.8, 4) is 0 Å². The van der Waals surface area contributed by atoms with Crippen LogP contribution >= 0.6 is 11.8 Å². The highest BCUT2D eigenvalue weighted by atomic mass is 32.2. The third-order valence-corrected chi connectivity index (χ3v) is 6.11. The van der Waals surface area contributed by atoms with E-state index >= 15 is 0 Å². The molecule has 10 nitrogen and oxygen atoms in total. The molecule has 2 fully saturated rings. The molecule has 4 rings (SSSR count). The molecule has 166 valence electrons. The smallest absolute Gasteiger partial charge is 0.294 e. The van der Waals surface area contributed by atoms with Gasteiger partial charge in [-0.15, -0.1) is 0 Å². The van der Waals surface area contributed by atoms with Crippen LogP contribution in [0.15, 0.2) is 47.5 Å². The average Bonchev–Trinajstić information content (AvgIpc) is 3.33. The Kier molecular flexibility index (Phi) is 6.37. The standard InChI is InChI=1S/C21H20N4O6S/c26-19(22-8-10-31-11-9-22)14-24-20(27)18(32-21(24)28)12-16-5-3-7-23(16)13-15-4-1-2-6-17(15)25(29)30/h1-7,12H,8-11,13-14H2/b18-12+. The number of ether oxygens (including phenoxy) is 1. The van der Waals surface area contributed by atoms with Gasteiger partial charge in [-0.2, -0.15) is 0 Å². The van der Waals surface area contributed by atoms with Crippen LogP contribution in [0.1, 0.15) is 11.3 Å². The minimum atomic E-state index is -0.528. The number of hydrogen-bond acceptors (Lipinski definition) is 7. The van der Waals surface area contributed by atoms with Crippen LogP contribution in [0.5, 0.6) is 0 Å². The number of nitrogens with zero attached hydrogens (tertiary/aromatic N) is 4. The van der Waals surface area contributed by atoms with Gasteiger partial charge < -0.3 is 14.2 Å². The first-order valence-corrected chi connectivity index (χ1v) is 10.7. The Bertz CT molecular complexity index is 1110. The van der Waals surface area contributed by atoms with Gasteiger partial charge in [-0.3, -0.25) is 29.4 Å². The molecule has 1 aromatic heterocycles. The maximum Gasteiger partial charge on any atom is 0.294 e. The van der Waals surface area contributed by atoms with E-state index in [4.69, 9.17) is 4.74 Å². The van der Waals surface area contributed by atoms with E-state index in [9.17, 15) is 24.5 Å². The van der Waals surface area contributed by atoms with Crippen molar-refractivity contribution in [3.05, 3.63) is 68.9 Å². The lowest BCUT2D eigenvalue weighted by atomic mass is 10.2. The number of nitro benzene ring substituents is 1. The molecule has 0 spiro atoms. The first kappa shape index (κ1) is 21.8. The second-order valence-electron chi connectivity index (χ2n) is 7.21. The zero-order valence-corrected chi connectivity index (χ0v) is 17.8. The minimum Gasteiger partial charge on any atom is -0.378 e. The lowest BCUT2D eigenvalue weighted by Gasteiger charge is -2.28. The number of rotatable bonds is 6. The van der Waals surface area contributed by atoms with Gasteiger partial charge in [0.15, 0.2) is 0 Å². The molecule has 0 N–H and O–H groups in total. The predicted octanol–water partition coefficient (Wildman–Crippen LogP) is 2.34. The van der Waals surface area contributed by atoms with Crippen molar-refractivity contribution in [2.45, 2.75) is 6.54 Å². The van der Waals surface area contributed by atoms with Crippen LogP contribution in [0.3, 0.4) is 0 Å². The SMILES string of the molecule is O=C(CN1C(=O)S/C(=C/c2cccn2Cc2ccccc2[N+](=O)[O-])C1=O)N1CCOCC1. The Labute approximate surface area is 187 Å². The molecule has 1 aromatic carbocycles. The van der Waals surface area contributed by atoms with Gasteiger partial charge in [-0.25, -0.2) is 0 Å². The van der Waals surface area contributed by atoms with E-state index in [1.165, 1.54) is 6.07 Å². The van der Waals surface area contributed by atoms with Gasteiger partial charge >= 0.3 is 0 Å². The molecule has 0 radical (unpaired) electrons. The topological polar surface area (TPSA) is 115 Å². The third kappa shape index (κ3) is 4.58. The molecule has 2 aromatic rings. The fraction of sp³-hybridized carbons (Fsp3) is 0.286. The van der Waals surface area contributed by atoms with Crippen molar-refractivity contribution < 1.29 is 24.0 Å². The summed E-state index contributed by atoms with van der Waals surface area (Å²) in [5.41, 5.74) is 1.15. The Morgan fingerprint density at radius 1 is 1.16 bits per heavy atom. The van der Waals surface area contributed by atoms with E-state index in [0.29, 0.717) is 37.6 Å². The zero-order chi connectivity index (χ0) is 22.7. The number of carbonyl (C=O) groups is 3. The Balaban J connectivity index is 1.50. The van der Waals surface area contributed by atoms with Crippen molar-refractivity contribution in [3.63, 3.8) is 0 Å². The summed E-state index contributed by atoms with van der Waals surface area (Å²) in [5.74, 6) is -0.823. The molecule has 0 saturated carbocycles. The number of para-hydroxylation sites is 1. The highest BCUT2D eigenvalue weighted by Crippen LogP contribution is 2.32. The number of benzene rings is 1. The Morgan fingerprint density at radius 2 is 1.91 bits per heavy atom. The summed E-state index contributed by atoms with van der Waals surface area (Å²) in [7, 11) is 0. The molecular formula is C21H20N4O6S. The fourth-order valence-electron chi connectivity index (χ4n) is 3.53. The lowest BCUT2D eigenvalue weighted by molar-refractivity contribution is -0.385. The summed E-state index contributed by atoms with van der Waals surface area (Å²) in [6.45, 7) is 1.66. The average molecular weight is 456 g/mol. The molecular weight excluding hydrogens is 436 g/mol. The number of morpholine rings is 1. The normalized spacial score (nSPS) is 17.9. The van der Waals surface area contributed by atoms with Gasteiger partial charge in [-0.1, -0.05) is 18.2 Å². The monoisotopic (exact) mass is 456 g/mol. The van der Waals surface area contributed by atoms with Crippen molar-refractivity contribution >= 4 is 40.6 Å². The number of nitro groups is 1. The second-order valence-corrected chi connectivity index (χ2v) is 8.20. The summed E-state index contributed by atoms with van der Waals surface area (Å²) >= 11 is 0.773. The molecule has 0 bridgehead atoms. The summed E-state index contributed by atoms with van der Waals surface area (Å²) < 4.78 is 6.98. The van der Waals surface area contributed by atoms with Gasteiger partial charge in [0, 0.05) is 36.6 Å². The van der Waals surface area contributed by atoms with Gasteiger partial charge in [0.2, 0.25) is 5.91 Å². The van der Waals surface area contributed by atoms with Gasteiger partial charge in [0.25, 0.3) is 16.8 Å². The van der Waals surface area contributed by atoms with Crippen LogP contribution in [0.25, 0.3) is 6.08 Å². The summed E-state index contributed by atoms with van der Waals surface area (Å²) in [6.07, 6.45) is 3.31. The van der Waals surface area contributed by atoms with Crippen LogP contribution in [0, 0.1) is 10.1 Å². The van der Waals surface area contributed by atoms with Crippen molar-refractivity contribution in [2.24, 2.45) is 0 Å². The Hall–Kier alpha value is -3.44. The van der Waals surface area contributed by atoms with E-state index < -0.39 is 16.1 Å². The largest absolute Gasteiger partial charge is 0.378 e. The number of carbonyl (C=O) groups excluding carboxylic acids is 3. The maximum atomic E-state index is 12.8. The molecule has 32 heavy (non-hydrogen) atoms. The molecule has 0 aliphatic carbocycles. The van der Waals surface area contributed by atoms with Gasteiger partial charge in [-0.05, 0) is 30.0 Å². The second kappa shape index (κ2) is 9.37. The van der Waals surface area contributed by atoms with Crippen LogP contribution in [-0.4, -0.2) is 69.2 Å². The summed E-state index contributed by atoms with van der Waals surface area (Å²) in [5, 5.41) is 10.8.